The van der Waals surface area contributed by atoms with E-state index in [2.05, 4.69) is 15.1 Å². The van der Waals surface area contributed by atoms with E-state index in [9.17, 15) is 4.39 Å². The van der Waals surface area contributed by atoms with E-state index in [1.54, 1.807) is 10.9 Å². The monoisotopic (exact) mass is 262 g/mol. The number of rotatable bonds is 2. The Balaban J connectivity index is 2.05. The molecular formula is C11H7FN4OS. The van der Waals surface area contributed by atoms with Crippen molar-refractivity contribution >= 4 is 17.0 Å². The van der Waals surface area contributed by atoms with E-state index in [0.717, 1.165) is 0 Å². The fourth-order valence-corrected chi connectivity index (χ4v) is 2.00. The summed E-state index contributed by atoms with van der Waals surface area (Å²) >= 11 is 1.42. The lowest BCUT2D eigenvalue weighted by Gasteiger charge is -1.98. The minimum Gasteiger partial charge on any atom is -0.399 e. The van der Waals surface area contributed by atoms with Crippen molar-refractivity contribution in [1.29, 1.82) is 0 Å². The quantitative estimate of drug-likeness (QED) is 0.718. The van der Waals surface area contributed by atoms with Crippen molar-refractivity contribution in [3.05, 3.63) is 34.9 Å². The van der Waals surface area contributed by atoms with Gasteiger partial charge in [0.05, 0.1) is 11.1 Å². The van der Waals surface area contributed by atoms with Gasteiger partial charge in [0.25, 0.3) is 5.89 Å². The SMILES string of the molecule is Nc1ccc(F)c(-c2nc(-c3cscn3)no2)c1. The molecule has 3 rings (SSSR count). The van der Waals surface area contributed by atoms with E-state index >= 15 is 0 Å². The van der Waals surface area contributed by atoms with Crippen molar-refractivity contribution in [2.75, 3.05) is 5.73 Å². The second-order valence-electron chi connectivity index (χ2n) is 3.54. The van der Waals surface area contributed by atoms with Gasteiger partial charge in [-0.2, -0.15) is 4.98 Å². The highest BCUT2D eigenvalue weighted by Gasteiger charge is 2.15. The topological polar surface area (TPSA) is 77.8 Å². The third kappa shape index (κ3) is 1.84. The van der Waals surface area contributed by atoms with Crippen LogP contribution in [0, 0.1) is 5.82 Å². The van der Waals surface area contributed by atoms with Gasteiger partial charge in [0, 0.05) is 11.1 Å². The summed E-state index contributed by atoms with van der Waals surface area (Å²) in [6, 6.07) is 4.18. The first-order chi connectivity index (χ1) is 8.74. The number of hydrogen-bond donors (Lipinski definition) is 1. The Morgan fingerprint density at radius 1 is 1.33 bits per heavy atom. The first kappa shape index (κ1) is 10.8. The number of hydrogen-bond acceptors (Lipinski definition) is 6. The van der Waals surface area contributed by atoms with E-state index in [0.29, 0.717) is 17.2 Å². The fourth-order valence-electron chi connectivity index (χ4n) is 1.47. The van der Waals surface area contributed by atoms with Crippen LogP contribution in [0.4, 0.5) is 10.1 Å². The zero-order valence-electron chi connectivity index (χ0n) is 9.00. The van der Waals surface area contributed by atoms with Crippen LogP contribution < -0.4 is 5.73 Å². The molecule has 1 aromatic carbocycles. The number of nitrogens with two attached hydrogens (primary N) is 1. The molecule has 3 aromatic rings. The molecule has 0 aliphatic rings. The van der Waals surface area contributed by atoms with Gasteiger partial charge in [0.15, 0.2) is 0 Å². The van der Waals surface area contributed by atoms with E-state index < -0.39 is 5.82 Å². The predicted molar refractivity (Wildman–Crippen MR) is 65.2 cm³/mol. The predicted octanol–water partition coefficient (Wildman–Crippen LogP) is 2.58. The summed E-state index contributed by atoms with van der Waals surface area (Å²) in [5, 5.41) is 5.54. The smallest absolute Gasteiger partial charge is 0.261 e. The molecule has 0 saturated heterocycles. The average molecular weight is 262 g/mol. The van der Waals surface area contributed by atoms with Crippen LogP contribution in [0.2, 0.25) is 0 Å². The summed E-state index contributed by atoms with van der Waals surface area (Å²) in [6.45, 7) is 0. The third-order valence-electron chi connectivity index (χ3n) is 2.31. The molecule has 2 N–H and O–H groups in total. The molecule has 0 spiro atoms. The molecule has 90 valence electrons. The summed E-state index contributed by atoms with van der Waals surface area (Å²) in [7, 11) is 0. The first-order valence-corrected chi connectivity index (χ1v) is 5.96. The minimum atomic E-state index is -0.460. The third-order valence-corrected chi connectivity index (χ3v) is 2.89. The maximum absolute atomic E-state index is 13.6. The summed E-state index contributed by atoms with van der Waals surface area (Å²) < 4.78 is 18.6. The average Bonchev–Trinajstić information content (AvgIpc) is 3.00. The highest BCUT2D eigenvalue weighted by Crippen LogP contribution is 2.25. The number of thiazole rings is 1. The highest BCUT2D eigenvalue weighted by molar-refractivity contribution is 7.07. The summed E-state index contributed by atoms with van der Waals surface area (Å²) in [5.74, 6) is -0.0476. The zero-order chi connectivity index (χ0) is 12.5. The number of aromatic nitrogens is 3. The maximum atomic E-state index is 13.6. The van der Waals surface area contributed by atoms with Gasteiger partial charge < -0.3 is 10.3 Å². The number of nitrogens with zero attached hydrogens (tertiary/aromatic N) is 3. The molecule has 0 atom stereocenters. The number of nitrogen functional groups attached to an aromatic ring is 1. The molecule has 0 aliphatic heterocycles. The number of anilines is 1. The minimum absolute atomic E-state index is 0.0859. The maximum Gasteiger partial charge on any atom is 0.261 e. The molecule has 0 fully saturated rings. The molecule has 5 nitrogen and oxygen atoms in total. The van der Waals surface area contributed by atoms with Crippen molar-refractivity contribution in [2.24, 2.45) is 0 Å². The Bertz CT molecular complexity index is 680. The van der Waals surface area contributed by atoms with Crippen LogP contribution in [0.1, 0.15) is 0 Å². The summed E-state index contributed by atoms with van der Waals surface area (Å²) in [6.07, 6.45) is 0. The number of benzene rings is 1. The van der Waals surface area contributed by atoms with Gasteiger partial charge in [0.2, 0.25) is 5.82 Å². The van der Waals surface area contributed by atoms with Gasteiger partial charge in [0.1, 0.15) is 11.5 Å². The Kier molecular flexibility index (Phi) is 2.52. The van der Waals surface area contributed by atoms with E-state index in [1.807, 2.05) is 0 Å². The van der Waals surface area contributed by atoms with Crippen molar-refractivity contribution in [3.8, 4) is 23.0 Å². The van der Waals surface area contributed by atoms with Crippen LogP contribution in [0.3, 0.4) is 0 Å². The molecule has 0 unspecified atom stereocenters. The van der Waals surface area contributed by atoms with Gasteiger partial charge in [-0.05, 0) is 18.2 Å². The fraction of sp³-hybridized carbons (Fsp3) is 0. The molecule has 0 saturated carbocycles. The Morgan fingerprint density at radius 2 is 2.22 bits per heavy atom. The second-order valence-corrected chi connectivity index (χ2v) is 4.25. The second kappa shape index (κ2) is 4.19. The molecule has 0 radical (unpaired) electrons. The van der Waals surface area contributed by atoms with Crippen LogP contribution in [0.15, 0.2) is 33.6 Å². The molecule has 18 heavy (non-hydrogen) atoms. The lowest BCUT2D eigenvalue weighted by molar-refractivity contribution is 0.429. The van der Waals surface area contributed by atoms with E-state index in [-0.39, 0.29) is 11.5 Å². The molecule has 7 heteroatoms. The van der Waals surface area contributed by atoms with Gasteiger partial charge in [-0.15, -0.1) is 11.3 Å². The molecule has 2 heterocycles. The van der Waals surface area contributed by atoms with E-state index in [4.69, 9.17) is 10.3 Å². The standard InChI is InChI=1S/C11H7FN4OS/c12-8-2-1-6(13)3-7(8)11-15-10(16-17-11)9-4-18-5-14-9/h1-5H,13H2. The van der Waals surface area contributed by atoms with Crippen LogP contribution >= 0.6 is 11.3 Å². The van der Waals surface area contributed by atoms with Gasteiger partial charge in [-0.3, -0.25) is 0 Å². The van der Waals surface area contributed by atoms with Crippen molar-refractivity contribution in [1.82, 2.24) is 15.1 Å². The van der Waals surface area contributed by atoms with Gasteiger partial charge in [-0.25, -0.2) is 9.37 Å². The Hall–Kier alpha value is -2.28. The van der Waals surface area contributed by atoms with Crippen LogP contribution in [-0.2, 0) is 0 Å². The largest absolute Gasteiger partial charge is 0.399 e. The Morgan fingerprint density at radius 3 is 3.00 bits per heavy atom. The lowest BCUT2D eigenvalue weighted by Crippen LogP contribution is -1.89. The van der Waals surface area contributed by atoms with E-state index in [1.165, 1.54) is 29.5 Å². The first-order valence-electron chi connectivity index (χ1n) is 5.02. The van der Waals surface area contributed by atoms with Crippen LogP contribution in [-0.4, -0.2) is 15.1 Å². The Labute approximate surface area is 105 Å². The molecular weight excluding hydrogens is 255 g/mol. The summed E-state index contributed by atoms with van der Waals surface area (Å²) in [5.41, 5.74) is 8.47. The van der Waals surface area contributed by atoms with Crippen molar-refractivity contribution in [2.45, 2.75) is 0 Å². The molecule has 2 aromatic heterocycles. The van der Waals surface area contributed by atoms with Gasteiger partial charge in [-0.1, -0.05) is 5.16 Å². The normalized spacial score (nSPS) is 10.7. The number of halogens is 1. The van der Waals surface area contributed by atoms with Gasteiger partial charge >= 0.3 is 0 Å². The van der Waals surface area contributed by atoms with Crippen LogP contribution in [0.5, 0.6) is 0 Å². The zero-order valence-corrected chi connectivity index (χ0v) is 9.82. The lowest BCUT2D eigenvalue weighted by atomic mass is 10.2. The van der Waals surface area contributed by atoms with Crippen molar-refractivity contribution < 1.29 is 8.91 Å². The molecule has 0 bridgehead atoms. The highest BCUT2D eigenvalue weighted by atomic mass is 32.1. The molecule has 0 aliphatic carbocycles. The van der Waals surface area contributed by atoms with Crippen molar-refractivity contribution in [3.63, 3.8) is 0 Å². The summed E-state index contributed by atoms with van der Waals surface area (Å²) in [4.78, 5) is 8.14. The molecule has 0 amide bonds. The van der Waals surface area contributed by atoms with Crippen LogP contribution in [0.25, 0.3) is 23.0 Å².